The lowest BCUT2D eigenvalue weighted by Crippen LogP contribution is -2.28. The van der Waals surface area contributed by atoms with Gasteiger partial charge in [-0.2, -0.15) is 0 Å². The summed E-state index contributed by atoms with van der Waals surface area (Å²) in [7, 11) is -5.52. The van der Waals surface area contributed by atoms with Crippen molar-refractivity contribution in [2.75, 3.05) is 0 Å². The average molecular weight is 398 g/mol. The van der Waals surface area contributed by atoms with E-state index in [2.05, 4.69) is 50.8 Å². The van der Waals surface area contributed by atoms with Crippen molar-refractivity contribution in [3.63, 3.8) is 0 Å². The highest BCUT2D eigenvalue weighted by molar-refractivity contribution is 7.89. The molecule has 138 valence electrons. The first-order valence-corrected chi connectivity index (χ1v) is 14.3. The molecule has 1 aromatic heterocycles. The molecule has 25 heavy (non-hydrogen) atoms. The molecule has 0 saturated heterocycles. The second-order valence-corrected chi connectivity index (χ2v) is 14.1. The minimum atomic E-state index is -3.69. The second-order valence-electron chi connectivity index (χ2n) is 7.19. The zero-order valence-corrected chi connectivity index (χ0v) is 17.9. The molecule has 0 bridgehead atoms. The molecular formula is C18H27NO3S2Si. The van der Waals surface area contributed by atoms with E-state index in [-0.39, 0.29) is 11.0 Å². The molecule has 0 fully saturated rings. The van der Waals surface area contributed by atoms with Gasteiger partial charge >= 0.3 is 0 Å². The summed E-state index contributed by atoms with van der Waals surface area (Å²) in [5.41, 5.74) is 2.36. The second kappa shape index (κ2) is 8.14. The predicted molar refractivity (Wildman–Crippen MR) is 107 cm³/mol. The highest BCUT2D eigenvalue weighted by Gasteiger charge is 2.26. The van der Waals surface area contributed by atoms with Gasteiger partial charge in [-0.1, -0.05) is 37.6 Å². The molecule has 2 aromatic rings. The zero-order valence-electron chi connectivity index (χ0n) is 15.3. The van der Waals surface area contributed by atoms with Gasteiger partial charge in [-0.25, -0.2) is 13.6 Å². The maximum Gasteiger partial charge on any atom is 0.238 e. The highest BCUT2D eigenvalue weighted by atomic mass is 32.2. The van der Waals surface area contributed by atoms with Crippen LogP contribution in [0.2, 0.25) is 19.6 Å². The summed E-state index contributed by atoms with van der Waals surface area (Å²) in [5, 5.41) is 6.83. The molecule has 0 radical (unpaired) electrons. The van der Waals surface area contributed by atoms with Crippen LogP contribution in [0.5, 0.6) is 0 Å². The van der Waals surface area contributed by atoms with Crippen LogP contribution < -0.4 is 5.14 Å². The number of primary sulfonamides is 1. The summed E-state index contributed by atoms with van der Waals surface area (Å²) in [6.45, 7) is 8.57. The molecule has 0 aliphatic heterocycles. The van der Waals surface area contributed by atoms with Crippen LogP contribution in [0.15, 0.2) is 40.6 Å². The SMILES string of the molecule is CCCCc1ccc(C(O[Si](C)(C)C)c2cc(S(N)(=O)=O)cs2)cc1. The van der Waals surface area contributed by atoms with Crippen LogP contribution in [-0.4, -0.2) is 16.7 Å². The number of hydrogen-bond donors (Lipinski definition) is 1. The number of nitrogens with two attached hydrogens (primary N) is 1. The minimum absolute atomic E-state index is 0.149. The van der Waals surface area contributed by atoms with Crippen molar-refractivity contribution in [1.29, 1.82) is 0 Å². The Morgan fingerprint density at radius 3 is 2.32 bits per heavy atom. The molecule has 0 saturated carbocycles. The summed E-state index contributed by atoms with van der Waals surface area (Å²) < 4.78 is 29.5. The zero-order chi connectivity index (χ0) is 18.7. The molecule has 2 rings (SSSR count). The Bertz CT molecular complexity index is 792. The van der Waals surface area contributed by atoms with Crippen molar-refractivity contribution in [3.05, 3.63) is 51.7 Å². The fraction of sp³-hybridized carbons (Fsp3) is 0.444. The normalized spacial score (nSPS) is 13.8. The monoisotopic (exact) mass is 397 g/mol. The number of thiophene rings is 1. The summed E-state index contributed by atoms with van der Waals surface area (Å²) in [4.78, 5) is 1.02. The third kappa shape index (κ3) is 6.04. The Morgan fingerprint density at radius 2 is 1.84 bits per heavy atom. The molecular weight excluding hydrogens is 370 g/mol. The molecule has 0 amide bonds. The Kier molecular flexibility index (Phi) is 6.61. The maximum atomic E-state index is 11.6. The number of rotatable bonds is 8. The third-order valence-electron chi connectivity index (χ3n) is 3.76. The quantitative estimate of drug-likeness (QED) is 0.658. The molecule has 1 aromatic carbocycles. The molecule has 1 heterocycles. The summed E-state index contributed by atoms with van der Waals surface area (Å²) in [6, 6.07) is 10.1. The summed E-state index contributed by atoms with van der Waals surface area (Å²) >= 11 is 1.38. The van der Waals surface area contributed by atoms with E-state index in [9.17, 15) is 8.42 Å². The Labute approximate surface area is 156 Å². The van der Waals surface area contributed by atoms with Gasteiger partial charge in [0.2, 0.25) is 10.0 Å². The van der Waals surface area contributed by atoms with Crippen molar-refractivity contribution in [3.8, 4) is 0 Å². The van der Waals surface area contributed by atoms with E-state index >= 15 is 0 Å². The number of benzene rings is 1. The topological polar surface area (TPSA) is 69.4 Å². The first kappa shape index (κ1) is 20.3. The Balaban J connectivity index is 2.34. The largest absolute Gasteiger partial charge is 0.406 e. The van der Waals surface area contributed by atoms with Gasteiger partial charge in [-0.3, -0.25) is 0 Å². The van der Waals surface area contributed by atoms with Crippen LogP contribution in [0.4, 0.5) is 0 Å². The van der Waals surface area contributed by atoms with Gasteiger partial charge < -0.3 is 4.43 Å². The molecule has 0 aliphatic rings. The van der Waals surface area contributed by atoms with Crippen LogP contribution in [0.3, 0.4) is 0 Å². The van der Waals surface area contributed by atoms with Gasteiger partial charge in [-0.15, -0.1) is 11.3 Å². The lowest BCUT2D eigenvalue weighted by Gasteiger charge is -2.26. The van der Waals surface area contributed by atoms with Gasteiger partial charge in [-0.05, 0) is 49.7 Å². The van der Waals surface area contributed by atoms with Crippen LogP contribution in [0, 0.1) is 0 Å². The van der Waals surface area contributed by atoms with Crippen molar-refractivity contribution in [2.45, 2.75) is 56.8 Å². The lowest BCUT2D eigenvalue weighted by molar-refractivity contribution is 0.243. The highest BCUT2D eigenvalue weighted by Crippen LogP contribution is 2.34. The van der Waals surface area contributed by atoms with Crippen LogP contribution in [0.25, 0.3) is 0 Å². The van der Waals surface area contributed by atoms with E-state index in [0.29, 0.717) is 0 Å². The van der Waals surface area contributed by atoms with Gasteiger partial charge in [0.15, 0.2) is 8.32 Å². The molecule has 1 atom stereocenters. The van der Waals surface area contributed by atoms with Gasteiger partial charge in [0.05, 0.1) is 4.90 Å². The van der Waals surface area contributed by atoms with Crippen molar-refractivity contribution in [1.82, 2.24) is 0 Å². The Morgan fingerprint density at radius 1 is 1.20 bits per heavy atom. The van der Waals surface area contributed by atoms with Gasteiger partial charge in [0.25, 0.3) is 0 Å². The van der Waals surface area contributed by atoms with E-state index in [1.54, 1.807) is 11.4 Å². The van der Waals surface area contributed by atoms with Crippen molar-refractivity contribution >= 4 is 29.7 Å². The molecule has 0 aliphatic carbocycles. The smallest absolute Gasteiger partial charge is 0.238 e. The van der Waals surface area contributed by atoms with Crippen LogP contribution in [-0.2, 0) is 20.9 Å². The fourth-order valence-corrected chi connectivity index (χ4v) is 5.43. The minimum Gasteiger partial charge on any atom is -0.406 e. The average Bonchev–Trinajstić information content (AvgIpc) is 3.00. The van der Waals surface area contributed by atoms with Crippen LogP contribution in [0.1, 0.15) is 41.9 Å². The van der Waals surface area contributed by atoms with Crippen molar-refractivity contribution in [2.24, 2.45) is 5.14 Å². The first-order valence-electron chi connectivity index (χ1n) is 8.48. The number of hydrogen-bond acceptors (Lipinski definition) is 4. The summed E-state index contributed by atoms with van der Waals surface area (Å²) in [5.74, 6) is 0. The Hall–Kier alpha value is -0.993. The van der Waals surface area contributed by atoms with E-state index in [0.717, 1.165) is 16.9 Å². The van der Waals surface area contributed by atoms with E-state index in [1.807, 2.05) is 0 Å². The third-order valence-corrected chi connectivity index (χ3v) is 6.72. The fourth-order valence-electron chi connectivity index (χ4n) is 2.50. The maximum absolute atomic E-state index is 11.6. The van der Waals surface area contributed by atoms with E-state index in [4.69, 9.17) is 9.56 Å². The first-order chi connectivity index (χ1) is 11.6. The van der Waals surface area contributed by atoms with Gasteiger partial charge in [0, 0.05) is 10.3 Å². The number of sulfonamides is 1. The molecule has 7 heteroatoms. The summed E-state index contributed by atoms with van der Waals surface area (Å²) in [6.07, 6.45) is 3.17. The molecule has 1 unspecified atom stereocenters. The molecule has 4 nitrogen and oxygen atoms in total. The predicted octanol–water partition coefficient (Wildman–Crippen LogP) is 4.68. The van der Waals surface area contributed by atoms with Gasteiger partial charge in [0.1, 0.15) is 6.10 Å². The molecule has 0 spiro atoms. The lowest BCUT2D eigenvalue weighted by atomic mass is 10.0. The van der Waals surface area contributed by atoms with Crippen LogP contribution >= 0.6 is 11.3 Å². The standard InChI is InChI=1S/C18H27NO3S2Si/c1-5-6-7-14-8-10-15(11-9-14)18(22-25(2,3)4)17-12-16(13-23-17)24(19,20)21/h8-13,18H,5-7H2,1-4H3,(H2,19,20,21). The van der Waals surface area contributed by atoms with E-state index < -0.39 is 18.3 Å². The number of unbranched alkanes of at least 4 members (excludes halogenated alkanes) is 1. The van der Waals surface area contributed by atoms with Crippen molar-refractivity contribution < 1.29 is 12.8 Å². The molecule has 2 N–H and O–H groups in total. The number of aryl methyl sites for hydroxylation is 1. The van der Waals surface area contributed by atoms with E-state index in [1.165, 1.54) is 29.7 Å².